The number of hydrogen-bond donors (Lipinski definition) is 2. The van der Waals surface area contributed by atoms with Gasteiger partial charge in [0.2, 0.25) is 0 Å². The zero-order chi connectivity index (χ0) is 17.7. The van der Waals surface area contributed by atoms with Crippen molar-refractivity contribution in [1.82, 2.24) is 15.5 Å². The van der Waals surface area contributed by atoms with Crippen molar-refractivity contribution in [1.29, 1.82) is 0 Å². The average Bonchev–Trinajstić information content (AvgIpc) is 2.51. The molecule has 0 bridgehead atoms. The first-order chi connectivity index (χ1) is 11.4. The van der Waals surface area contributed by atoms with Gasteiger partial charge in [0.25, 0.3) is 0 Å². The van der Waals surface area contributed by atoms with E-state index in [0.717, 1.165) is 0 Å². The van der Waals surface area contributed by atoms with E-state index in [0.29, 0.717) is 21.9 Å². The molecule has 1 aromatic rings. The predicted molar refractivity (Wildman–Crippen MR) is 87.9 cm³/mol. The fourth-order valence-electron chi connectivity index (χ4n) is 2.36. The van der Waals surface area contributed by atoms with Crippen LogP contribution in [0.4, 0.5) is 9.18 Å². The third-order valence-corrected chi connectivity index (χ3v) is 3.85. The van der Waals surface area contributed by atoms with Gasteiger partial charge in [0.1, 0.15) is 5.82 Å². The van der Waals surface area contributed by atoms with Crippen LogP contribution in [-0.2, 0) is 16.1 Å². The molecule has 2 amide bonds. The summed E-state index contributed by atoms with van der Waals surface area (Å²) in [5.74, 6) is -0.888. The minimum atomic E-state index is -0.489. The monoisotopic (exact) mass is 355 g/mol. The molecule has 1 aliphatic rings. The molecular formula is C16H19ClFN3O3. The Bertz CT molecular complexity index is 658. The van der Waals surface area contributed by atoms with Gasteiger partial charge < -0.3 is 15.4 Å². The van der Waals surface area contributed by atoms with Gasteiger partial charge in [0, 0.05) is 29.4 Å². The van der Waals surface area contributed by atoms with Gasteiger partial charge >= 0.3 is 12.0 Å². The number of nitrogens with one attached hydrogen (secondary N) is 2. The molecule has 2 N–H and O–H groups in total. The Labute approximate surface area is 144 Å². The molecule has 24 heavy (non-hydrogen) atoms. The highest BCUT2D eigenvalue weighted by Gasteiger charge is 2.24. The molecule has 0 aromatic heterocycles. The summed E-state index contributed by atoms with van der Waals surface area (Å²) in [6, 6.07) is 4.10. The van der Waals surface area contributed by atoms with Crippen molar-refractivity contribution in [2.24, 2.45) is 0 Å². The largest absolute Gasteiger partial charge is 0.463 e. The molecule has 1 aliphatic heterocycles. The molecule has 0 unspecified atom stereocenters. The topological polar surface area (TPSA) is 70.7 Å². The standard InChI is InChI=1S/C16H19ClFN3O3/c1-3-24-15(22)10-7-19-16(23)20-14(10)9-21(2)8-11-12(17)5-4-6-13(11)18/h4-6H,3,7-9H2,1-2H3,(H2,19,20,23). The number of amides is 2. The molecule has 1 aromatic carbocycles. The van der Waals surface area contributed by atoms with Gasteiger partial charge in [-0.1, -0.05) is 17.7 Å². The Balaban J connectivity index is 2.16. The first-order valence-electron chi connectivity index (χ1n) is 7.47. The van der Waals surface area contributed by atoms with Crippen LogP contribution in [0.25, 0.3) is 0 Å². The van der Waals surface area contributed by atoms with E-state index in [1.807, 2.05) is 0 Å². The zero-order valence-corrected chi connectivity index (χ0v) is 14.2. The summed E-state index contributed by atoms with van der Waals surface area (Å²) in [5, 5.41) is 5.48. The van der Waals surface area contributed by atoms with Crippen molar-refractivity contribution in [3.63, 3.8) is 0 Å². The number of carbonyl (C=O) groups is 2. The molecule has 0 spiro atoms. The maximum absolute atomic E-state index is 13.9. The van der Waals surface area contributed by atoms with Gasteiger partial charge in [-0.25, -0.2) is 14.0 Å². The first-order valence-corrected chi connectivity index (χ1v) is 7.85. The molecule has 0 fully saturated rings. The van der Waals surface area contributed by atoms with Crippen LogP contribution in [-0.4, -0.2) is 43.6 Å². The molecule has 1 heterocycles. The Morgan fingerprint density at radius 2 is 2.17 bits per heavy atom. The van der Waals surface area contributed by atoms with Gasteiger partial charge in [-0.2, -0.15) is 0 Å². The van der Waals surface area contributed by atoms with Crippen molar-refractivity contribution in [3.05, 3.63) is 45.9 Å². The Hall–Kier alpha value is -2.12. The minimum Gasteiger partial charge on any atom is -0.463 e. The molecule has 0 radical (unpaired) electrons. The highest BCUT2D eigenvalue weighted by Crippen LogP contribution is 2.21. The van der Waals surface area contributed by atoms with Crippen LogP contribution in [0.3, 0.4) is 0 Å². The predicted octanol–water partition coefficient (Wildman–Crippen LogP) is 2.04. The summed E-state index contributed by atoms with van der Waals surface area (Å²) in [4.78, 5) is 25.3. The quantitative estimate of drug-likeness (QED) is 0.766. The van der Waals surface area contributed by atoms with E-state index >= 15 is 0 Å². The minimum absolute atomic E-state index is 0.0916. The molecule has 130 valence electrons. The second kappa shape index (κ2) is 8.12. The van der Waals surface area contributed by atoms with E-state index in [1.165, 1.54) is 12.1 Å². The number of halogens is 2. The smallest absolute Gasteiger partial charge is 0.337 e. The lowest BCUT2D eigenvalue weighted by Crippen LogP contribution is -2.46. The number of nitrogens with zero attached hydrogens (tertiary/aromatic N) is 1. The van der Waals surface area contributed by atoms with Crippen LogP contribution in [0.5, 0.6) is 0 Å². The lowest BCUT2D eigenvalue weighted by Gasteiger charge is -2.25. The zero-order valence-electron chi connectivity index (χ0n) is 13.5. The van der Waals surface area contributed by atoms with Gasteiger partial charge in [0.15, 0.2) is 0 Å². The van der Waals surface area contributed by atoms with Crippen molar-refractivity contribution < 1.29 is 18.7 Å². The normalized spacial score (nSPS) is 14.5. The summed E-state index contributed by atoms with van der Waals surface area (Å²) in [5.41, 5.74) is 1.15. The maximum atomic E-state index is 13.9. The SMILES string of the molecule is CCOC(=O)C1=C(CN(C)Cc2c(F)cccc2Cl)NC(=O)NC1. The van der Waals surface area contributed by atoms with Crippen molar-refractivity contribution >= 4 is 23.6 Å². The summed E-state index contributed by atoms with van der Waals surface area (Å²) in [7, 11) is 1.74. The first kappa shape index (κ1) is 18.2. The molecule has 0 aliphatic carbocycles. The summed E-state index contributed by atoms with van der Waals surface area (Å²) < 4.78 is 18.9. The van der Waals surface area contributed by atoms with E-state index in [2.05, 4.69) is 10.6 Å². The fourth-order valence-corrected chi connectivity index (χ4v) is 2.58. The number of benzene rings is 1. The van der Waals surface area contributed by atoms with Crippen LogP contribution in [0.15, 0.2) is 29.5 Å². The van der Waals surface area contributed by atoms with E-state index < -0.39 is 17.8 Å². The second-order valence-electron chi connectivity index (χ2n) is 5.36. The Morgan fingerprint density at radius 3 is 2.83 bits per heavy atom. The van der Waals surface area contributed by atoms with Crippen molar-refractivity contribution in [2.75, 3.05) is 26.7 Å². The number of likely N-dealkylation sites (N-methyl/N-ethyl adjacent to an activating group) is 1. The molecule has 8 heteroatoms. The molecular weight excluding hydrogens is 337 g/mol. The molecule has 6 nitrogen and oxygen atoms in total. The number of carbonyl (C=O) groups excluding carboxylic acids is 2. The molecule has 0 saturated heterocycles. The van der Waals surface area contributed by atoms with E-state index in [9.17, 15) is 14.0 Å². The third-order valence-electron chi connectivity index (χ3n) is 3.49. The number of ether oxygens (including phenoxy) is 1. The Kier molecular flexibility index (Phi) is 6.16. The Morgan fingerprint density at radius 1 is 1.42 bits per heavy atom. The lowest BCUT2D eigenvalue weighted by atomic mass is 10.1. The summed E-state index contributed by atoms with van der Waals surface area (Å²) >= 11 is 6.03. The average molecular weight is 356 g/mol. The van der Waals surface area contributed by atoms with E-state index in [1.54, 1.807) is 24.9 Å². The van der Waals surface area contributed by atoms with Crippen molar-refractivity contribution in [3.8, 4) is 0 Å². The van der Waals surface area contributed by atoms with Crippen molar-refractivity contribution in [2.45, 2.75) is 13.5 Å². The number of rotatable bonds is 6. The van der Waals surface area contributed by atoms with Crippen LogP contribution < -0.4 is 10.6 Å². The van der Waals surface area contributed by atoms with Crippen LogP contribution in [0.2, 0.25) is 5.02 Å². The molecule has 0 saturated carbocycles. The fraction of sp³-hybridized carbons (Fsp3) is 0.375. The number of urea groups is 1. The number of esters is 1. The maximum Gasteiger partial charge on any atom is 0.337 e. The number of hydrogen-bond acceptors (Lipinski definition) is 4. The van der Waals surface area contributed by atoms with Crippen LogP contribution in [0.1, 0.15) is 12.5 Å². The van der Waals surface area contributed by atoms with Crippen LogP contribution >= 0.6 is 11.6 Å². The highest BCUT2D eigenvalue weighted by atomic mass is 35.5. The second-order valence-corrected chi connectivity index (χ2v) is 5.76. The van der Waals surface area contributed by atoms with Gasteiger partial charge in [0.05, 0.1) is 18.7 Å². The lowest BCUT2D eigenvalue weighted by molar-refractivity contribution is -0.138. The summed E-state index contributed by atoms with van der Waals surface area (Å²) in [6.45, 7) is 2.51. The molecule has 2 rings (SSSR count). The highest BCUT2D eigenvalue weighted by molar-refractivity contribution is 6.31. The van der Waals surface area contributed by atoms with Gasteiger partial charge in [-0.3, -0.25) is 4.90 Å². The van der Waals surface area contributed by atoms with Crippen LogP contribution in [0, 0.1) is 5.82 Å². The molecule has 0 atom stereocenters. The third kappa shape index (κ3) is 4.46. The summed E-state index contributed by atoms with van der Waals surface area (Å²) in [6.07, 6.45) is 0. The van der Waals surface area contributed by atoms with Gasteiger partial charge in [-0.05, 0) is 26.1 Å². The van der Waals surface area contributed by atoms with E-state index in [-0.39, 0.29) is 26.2 Å². The van der Waals surface area contributed by atoms with E-state index in [4.69, 9.17) is 16.3 Å². The van der Waals surface area contributed by atoms with Gasteiger partial charge in [-0.15, -0.1) is 0 Å².